The van der Waals surface area contributed by atoms with Crippen LogP contribution in [0.1, 0.15) is 11.3 Å². The minimum atomic E-state index is 0.115. The average molecular weight is 418 g/mol. The monoisotopic (exact) mass is 417 g/mol. The van der Waals surface area contributed by atoms with Crippen molar-refractivity contribution < 1.29 is 9.59 Å². The quantitative estimate of drug-likeness (QED) is 0.738. The molecule has 2 saturated heterocycles. The second-order valence-corrected chi connectivity index (χ2v) is 9.31. The second-order valence-electron chi connectivity index (χ2n) is 5.71. The zero-order valence-corrected chi connectivity index (χ0v) is 16.1. The molecule has 0 N–H and O–H groups in total. The molecule has 1 aromatic heterocycles. The summed E-state index contributed by atoms with van der Waals surface area (Å²) in [6.45, 7) is 5.70. The summed E-state index contributed by atoms with van der Waals surface area (Å²) in [5, 5.41) is 0.115. The molecule has 126 valence electrons. The smallest absolute Gasteiger partial charge is 0.281 e. The maximum atomic E-state index is 12.3. The van der Waals surface area contributed by atoms with Crippen LogP contribution in [0.15, 0.2) is 15.9 Å². The summed E-state index contributed by atoms with van der Waals surface area (Å²) in [6, 6.07) is 4.23. The van der Waals surface area contributed by atoms with Crippen molar-refractivity contribution in [1.82, 2.24) is 14.7 Å². The molecule has 2 fully saturated rings. The van der Waals surface area contributed by atoms with E-state index in [1.807, 2.05) is 4.90 Å². The lowest BCUT2D eigenvalue weighted by molar-refractivity contribution is -0.133. The van der Waals surface area contributed by atoms with Crippen LogP contribution in [0.25, 0.3) is 0 Å². The molecule has 0 radical (unpaired) electrons. The second kappa shape index (κ2) is 8.00. The third-order valence-corrected chi connectivity index (χ3v) is 6.67. The van der Waals surface area contributed by atoms with Crippen LogP contribution in [-0.2, 0) is 11.3 Å². The van der Waals surface area contributed by atoms with E-state index in [2.05, 4.69) is 33.0 Å². The molecule has 1 aromatic rings. The summed E-state index contributed by atoms with van der Waals surface area (Å²) in [7, 11) is 0. The average Bonchev–Trinajstić information content (AvgIpc) is 3.14. The van der Waals surface area contributed by atoms with Crippen LogP contribution in [0.4, 0.5) is 4.79 Å². The highest BCUT2D eigenvalue weighted by Gasteiger charge is 2.24. The van der Waals surface area contributed by atoms with Gasteiger partial charge in [-0.15, -0.1) is 11.3 Å². The largest absolute Gasteiger partial charge is 0.340 e. The van der Waals surface area contributed by atoms with Gasteiger partial charge < -0.3 is 9.80 Å². The summed E-state index contributed by atoms with van der Waals surface area (Å²) in [6.07, 6.45) is 0.449. The molecule has 2 aliphatic heterocycles. The third-order valence-electron chi connectivity index (χ3n) is 4.17. The molecule has 2 aliphatic rings. The minimum Gasteiger partial charge on any atom is -0.340 e. The maximum Gasteiger partial charge on any atom is 0.281 e. The number of nitrogens with zero attached hydrogens (tertiary/aromatic N) is 3. The van der Waals surface area contributed by atoms with Crippen molar-refractivity contribution in [3.63, 3.8) is 0 Å². The van der Waals surface area contributed by atoms with Crippen molar-refractivity contribution in [3.05, 3.63) is 20.8 Å². The lowest BCUT2D eigenvalue weighted by Crippen LogP contribution is -2.48. The topological polar surface area (TPSA) is 43.9 Å². The van der Waals surface area contributed by atoms with Crippen LogP contribution in [0.2, 0.25) is 0 Å². The Hall–Kier alpha value is -0.570. The highest BCUT2D eigenvalue weighted by Crippen LogP contribution is 2.23. The molecule has 8 heteroatoms. The van der Waals surface area contributed by atoms with Crippen LogP contribution in [0.5, 0.6) is 0 Å². The fraction of sp³-hybridized carbons (Fsp3) is 0.600. The zero-order chi connectivity index (χ0) is 16.2. The summed E-state index contributed by atoms with van der Waals surface area (Å²) in [5.41, 5.74) is 0. The van der Waals surface area contributed by atoms with Crippen LogP contribution in [-0.4, -0.2) is 70.9 Å². The van der Waals surface area contributed by atoms with Gasteiger partial charge in [0.25, 0.3) is 5.24 Å². The summed E-state index contributed by atoms with van der Waals surface area (Å²) in [4.78, 5) is 31.3. The van der Waals surface area contributed by atoms with E-state index in [1.54, 1.807) is 16.2 Å². The molecule has 0 aliphatic carbocycles. The van der Waals surface area contributed by atoms with Crippen molar-refractivity contribution >= 4 is 50.2 Å². The Morgan fingerprint density at radius 1 is 1.17 bits per heavy atom. The number of thiophene rings is 1. The van der Waals surface area contributed by atoms with E-state index >= 15 is 0 Å². The molecule has 3 heterocycles. The van der Waals surface area contributed by atoms with Gasteiger partial charge in [-0.3, -0.25) is 14.5 Å². The van der Waals surface area contributed by atoms with Crippen molar-refractivity contribution in [3.8, 4) is 0 Å². The van der Waals surface area contributed by atoms with Gasteiger partial charge in [0.1, 0.15) is 0 Å². The van der Waals surface area contributed by atoms with Crippen LogP contribution in [0.3, 0.4) is 0 Å². The minimum absolute atomic E-state index is 0.115. The van der Waals surface area contributed by atoms with E-state index in [0.29, 0.717) is 13.0 Å². The molecule has 0 aromatic carbocycles. The third kappa shape index (κ3) is 4.71. The molecule has 0 atom stereocenters. The predicted octanol–water partition coefficient (Wildman–Crippen LogP) is 2.71. The lowest BCUT2D eigenvalue weighted by atomic mass is 10.2. The van der Waals surface area contributed by atoms with Gasteiger partial charge in [0, 0.05) is 62.9 Å². The number of hydrogen-bond donors (Lipinski definition) is 0. The molecule has 0 spiro atoms. The van der Waals surface area contributed by atoms with Gasteiger partial charge in [0.2, 0.25) is 5.91 Å². The van der Waals surface area contributed by atoms with Gasteiger partial charge in [0.15, 0.2) is 0 Å². The van der Waals surface area contributed by atoms with Gasteiger partial charge in [0.05, 0.1) is 3.79 Å². The van der Waals surface area contributed by atoms with Crippen molar-refractivity contribution in [2.24, 2.45) is 0 Å². The van der Waals surface area contributed by atoms with E-state index < -0.39 is 0 Å². The Labute approximate surface area is 153 Å². The number of carbonyl (C=O) groups excluding carboxylic acids is 2. The normalized spacial score (nSPS) is 19.6. The first-order valence-corrected chi connectivity index (χ1v) is 10.4. The van der Waals surface area contributed by atoms with Gasteiger partial charge in [-0.2, -0.15) is 0 Å². The molecular formula is C15H20BrN3O2S2. The zero-order valence-electron chi connectivity index (χ0n) is 12.9. The Kier molecular flexibility index (Phi) is 6.01. The number of amides is 2. The maximum absolute atomic E-state index is 12.3. The van der Waals surface area contributed by atoms with Gasteiger partial charge >= 0.3 is 0 Å². The van der Waals surface area contributed by atoms with Crippen LogP contribution in [0, 0.1) is 0 Å². The molecule has 2 amide bonds. The summed E-state index contributed by atoms with van der Waals surface area (Å²) >= 11 is 6.61. The van der Waals surface area contributed by atoms with Crippen molar-refractivity contribution in [2.75, 3.05) is 45.0 Å². The first-order valence-electron chi connectivity index (χ1n) is 7.78. The molecule has 5 nitrogen and oxygen atoms in total. The number of carbonyl (C=O) groups is 2. The lowest BCUT2D eigenvalue weighted by Gasteiger charge is -2.34. The fourth-order valence-electron chi connectivity index (χ4n) is 2.83. The SMILES string of the molecule is O=C(CCN1CCSC1=O)N1CCN(Cc2ccc(Br)s2)CC1. The van der Waals surface area contributed by atoms with E-state index in [-0.39, 0.29) is 11.1 Å². The summed E-state index contributed by atoms with van der Waals surface area (Å²) < 4.78 is 1.16. The fourth-order valence-corrected chi connectivity index (χ4v) is 5.21. The van der Waals surface area contributed by atoms with E-state index in [1.165, 1.54) is 16.6 Å². The highest BCUT2D eigenvalue weighted by molar-refractivity contribution is 9.11. The standard InChI is InChI=1S/C15H20BrN3O2S2/c16-13-2-1-12(23-13)11-17-5-7-18(8-6-17)14(20)3-4-19-9-10-22-15(19)21/h1-2H,3-11H2. The molecule has 23 heavy (non-hydrogen) atoms. The number of rotatable bonds is 5. The van der Waals surface area contributed by atoms with E-state index in [9.17, 15) is 9.59 Å². The van der Waals surface area contributed by atoms with Crippen LogP contribution >= 0.6 is 39.0 Å². The molecule has 0 unspecified atom stereocenters. The molecule has 0 saturated carbocycles. The number of thioether (sulfide) groups is 1. The summed E-state index contributed by atoms with van der Waals surface area (Å²) in [5.74, 6) is 1.03. The van der Waals surface area contributed by atoms with Gasteiger partial charge in [-0.05, 0) is 28.1 Å². The molecule has 0 bridgehead atoms. The molecular weight excluding hydrogens is 398 g/mol. The highest BCUT2D eigenvalue weighted by atomic mass is 79.9. The first kappa shape index (κ1) is 17.3. The Morgan fingerprint density at radius 2 is 1.96 bits per heavy atom. The van der Waals surface area contributed by atoms with Crippen LogP contribution < -0.4 is 0 Å². The Morgan fingerprint density at radius 3 is 2.57 bits per heavy atom. The van der Waals surface area contributed by atoms with Gasteiger partial charge in [-0.1, -0.05) is 11.8 Å². The Bertz CT molecular complexity index is 573. The first-order chi connectivity index (χ1) is 11.1. The Balaban J connectivity index is 1.39. The predicted molar refractivity (Wildman–Crippen MR) is 97.9 cm³/mol. The van der Waals surface area contributed by atoms with Crippen molar-refractivity contribution in [2.45, 2.75) is 13.0 Å². The van der Waals surface area contributed by atoms with Gasteiger partial charge in [-0.25, -0.2) is 0 Å². The van der Waals surface area contributed by atoms with E-state index in [4.69, 9.17) is 0 Å². The van der Waals surface area contributed by atoms with Crippen molar-refractivity contribution in [1.29, 1.82) is 0 Å². The molecule has 3 rings (SSSR count). The number of halogens is 1. The number of hydrogen-bond acceptors (Lipinski definition) is 5. The van der Waals surface area contributed by atoms with E-state index in [0.717, 1.165) is 48.8 Å². The number of piperazine rings is 1.